The number of rotatable bonds is 8. The second kappa shape index (κ2) is 10.2. The van der Waals surface area contributed by atoms with Gasteiger partial charge in [0, 0.05) is 16.8 Å². The van der Waals surface area contributed by atoms with Gasteiger partial charge in [-0.15, -0.1) is 0 Å². The van der Waals surface area contributed by atoms with Gasteiger partial charge in [-0.05, 0) is 61.5 Å². The number of hydrogen-bond acceptors (Lipinski definition) is 5. The average Bonchev–Trinajstić information content (AvgIpc) is 2.80. The van der Waals surface area contributed by atoms with Crippen LogP contribution in [0.2, 0.25) is 0 Å². The molecule has 0 aliphatic rings. The molecule has 0 aliphatic carbocycles. The van der Waals surface area contributed by atoms with Gasteiger partial charge in [-0.25, -0.2) is 0 Å². The van der Waals surface area contributed by atoms with Gasteiger partial charge < -0.3 is 24.8 Å². The Hall–Kier alpha value is -4.00. The Morgan fingerprint density at radius 3 is 2.06 bits per heavy atom. The third kappa shape index (κ3) is 5.33. The Labute approximate surface area is 180 Å². The van der Waals surface area contributed by atoms with Gasteiger partial charge in [0.25, 0.3) is 11.8 Å². The number of carbonyl (C=O) groups is 2. The lowest BCUT2D eigenvalue weighted by atomic mass is 10.1. The molecule has 0 aromatic heterocycles. The van der Waals surface area contributed by atoms with Gasteiger partial charge in [0.2, 0.25) is 0 Å². The van der Waals surface area contributed by atoms with E-state index in [0.29, 0.717) is 46.4 Å². The maximum Gasteiger partial charge on any atom is 0.255 e. The van der Waals surface area contributed by atoms with Crippen LogP contribution in [0.5, 0.6) is 17.2 Å². The van der Waals surface area contributed by atoms with Crippen molar-refractivity contribution in [2.45, 2.75) is 6.92 Å². The van der Waals surface area contributed by atoms with Crippen molar-refractivity contribution in [2.24, 2.45) is 0 Å². The Morgan fingerprint density at radius 2 is 1.39 bits per heavy atom. The van der Waals surface area contributed by atoms with E-state index in [1.165, 1.54) is 0 Å². The molecule has 0 fully saturated rings. The summed E-state index contributed by atoms with van der Waals surface area (Å²) < 4.78 is 16.0. The van der Waals surface area contributed by atoms with Crippen LogP contribution >= 0.6 is 0 Å². The van der Waals surface area contributed by atoms with Crippen LogP contribution in [0.15, 0.2) is 66.7 Å². The fraction of sp³-hybridized carbons (Fsp3) is 0.167. The first-order valence-electron chi connectivity index (χ1n) is 9.72. The fourth-order valence-corrected chi connectivity index (χ4v) is 2.94. The number of carbonyl (C=O) groups excluding carboxylic acids is 2. The van der Waals surface area contributed by atoms with Gasteiger partial charge in [0.15, 0.2) is 11.5 Å². The molecule has 2 N–H and O–H groups in total. The molecule has 0 saturated heterocycles. The van der Waals surface area contributed by atoms with Crippen molar-refractivity contribution in [3.05, 3.63) is 77.9 Å². The smallest absolute Gasteiger partial charge is 0.255 e. The minimum atomic E-state index is -0.296. The molecule has 0 unspecified atom stereocenters. The molecule has 0 aliphatic heterocycles. The molecule has 3 rings (SSSR count). The number of nitrogens with one attached hydrogen (secondary N) is 2. The molecule has 3 aromatic carbocycles. The van der Waals surface area contributed by atoms with Crippen LogP contribution in [0.1, 0.15) is 27.6 Å². The van der Waals surface area contributed by atoms with Gasteiger partial charge >= 0.3 is 0 Å². The lowest BCUT2D eigenvalue weighted by Gasteiger charge is -2.12. The Balaban J connectivity index is 1.68. The standard InChI is InChI=1S/C24H24N2O5/c1-4-31-22-15-17(11-14-21(22)30-3)24(28)25-18-12-9-16(10-13-18)23(27)26-19-7-5-6-8-20(19)29-2/h5-15H,4H2,1-3H3,(H,25,28)(H,26,27). The Morgan fingerprint density at radius 1 is 0.742 bits per heavy atom. The van der Waals surface area contributed by atoms with Crippen molar-refractivity contribution in [1.82, 2.24) is 0 Å². The van der Waals surface area contributed by atoms with Crippen molar-refractivity contribution in [3.8, 4) is 17.2 Å². The molecule has 160 valence electrons. The zero-order chi connectivity index (χ0) is 22.2. The summed E-state index contributed by atoms with van der Waals surface area (Å²) >= 11 is 0. The molecule has 7 heteroatoms. The number of methoxy groups -OCH3 is 2. The minimum absolute atomic E-state index is 0.279. The molecule has 0 atom stereocenters. The summed E-state index contributed by atoms with van der Waals surface area (Å²) in [5.41, 5.74) is 2.03. The number of benzene rings is 3. The lowest BCUT2D eigenvalue weighted by molar-refractivity contribution is 0.101. The highest BCUT2D eigenvalue weighted by Gasteiger charge is 2.13. The summed E-state index contributed by atoms with van der Waals surface area (Å²) in [7, 11) is 3.09. The highest BCUT2D eigenvalue weighted by Crippen LogP contribution is 2.28. The Kier molecular flexibility index (Phi) is 7.11. The molecule has 3 aromatic rings. The monoisotopic (exact) mass is 420 g/mol. The molecule has 7 nitrogen and oxygen atoms in total. The van der Waals surface area contributed by atoms with Crippen molar-refractivity contribution < 1.29 is 23.8 Å². The first kappa shape index (κ1) is 21.7. The first-order valence-corrected chi connectivity index (χ1v) is 9.72. The number of para-hydroxylation sites is 2. The summed E-state index contributed by atoms with van der Waals surface area (Å²) in [6.45, 7) is 2.32. The van der Waals surface area contributed by atoms with Crippen LogP contribution in [0.25, 0.3) is 0 Å². The third-order valence-electron chi connectivity index (χ3n) is 4.49. The second-order valence-corrected chi connectivity index (χ2v) is 6.48. The summed E-state index contributed by atoms with van der Waals surface area (Å²) in [5.74, 6) is 1.06. The van der Waals surface area contributed by atoms with Crippen molar-refractivity contribution >= 4 is 23.2 Å². The summed E-state index contributed by atoms with van der Waals surface area (Å²) in [6.07, 6.45) is 0. The quantitative estimate of drug-likeness (QED) is 0.556. The molecule has 31 heavy (non-hydrogen) atoms. The maximum absolute atomic E-state index is 12.6. The largest absolute Gasteiger partial charge is 0.495 e. The van der Waals surface area contributed by atoms with Crippen LogP contribution in [0, 0.1) is 0 Å². The normalized spacial score (nSPS) is 10.2. The average molecular weight is 420 g/mol. The van der Waals surface area contributed by atoms with Crippen LogP contribution < -0.4 is 24.8 Å². The van der Waals surface area contributed by atoms with E-state index in [9.17, 15) is 9.59 Å². The highest BCUT2D eigenvalue weighted by atomic mass is 16.5. The number of amides is 2. The number of ether oxygens (including phenoxy) is 3. The van der Waals surface area contributed by atoms with E-state index in [1.807, 2.05) is 19.1 Å². The highest BCUT2D eigenvalue weighted by molar-refractivity contribution is 6.07. The molecule has 0 radical (unpaired) electrons. The van der Waals surface area contributed by atoms with Crippen LogP contribution in [-0.4, -0.2) is 32.6 Å². The predicted molar refractivity (Wildman–Crippen MR) is 120 cm³/mol. The first-order chi connectivity index (χ1) is 15.0. The van der Waals surface area contributed by atoms with E-state index in [2.05, 4.69) is 10.6 Å². The van der Waals surface area contributed by atoms with Gasteiger partial charge in [-0.2, -0.15) is 0 Å². The van der Waals surface area contributed by atoms with E-state index in [-0.39, 0.29) is 11.8 Å². The van der Waals surface area contributed by atoms with Gasteiger partial charge in [-0.3, -0.25) is 9.59 Å². The van der Waals surface area contributed by atoms with Gasteiger partial charge in [-0.1, -0.05) is 12.1 Å². The van der Waals surface area contributed by atoms with Gasteiger partial charge in [0.05, 0.1) is 26.5 Å². The van der Waals surface area contributed by atoms with Crippen LogP contribution in [-0.2, 0) is 0 Å². The molecular formula is C24H24N2O5. The van der Waals surface area contributed by atoms with E-state index >= 15 is 0 Å². The maximum atomic E-state index is 12.6. The lowest BCUT2D eigenvalue weighted by Crippen LogP contribution is -2.14. The van der Waals surface area contributed by atoms with Crippen molar-refractivity contribution in [3.63, 3.8) is 0 Å². The topological polar surface area (TPSA) is 85.9 Å². The second-order valence-electron chi connectivity index (χ2n) is 6.48. The molecule has 0 bridgehead atoms. The SMILES string of the molecule is CCOc1cc(C(=O)Nc2ccc(C(=O)Nc3ccccc3OC)cc2)ccc1OC. The van der Waals surface area contributed by atoms with Crippen LogP contribution in [0.3, 0.4) is 0 Å². The molecular weight excluding hydrogens is 396 g/mol. The van der Waals surface area contributed by atoms with E-state index in [4.69, 9.17) is 14.2 Å². The number of hydrogen-bond donors (Lipinski definition) is 2. The minimum Gasteiger partial charge on any atom is -0.495 e. The summed E-state index contributed by atoms with van der Waals surface area (Å²) in [4.78, 5) is 25.1. The van der Waals surface area contributed by atoms with Crippen LogP contribution in [0.4, 0.5) is 11.4 Å². The third-order valence-corrected chi connectivity index (χ3v) is 4.49. The fourth-order valence-electron chi connectivity index (χ4n) is 2.94. The molecule has 0 saturated carbocycles. The molecule has 2 amide bonds. The number of anilines is 2. The molecule has 0 spiro atoms. The zero-order valence-corrected chi connectivity index (χ0v) is 17.6. The Bertz CT molecular complexity index is 1060. The van der Waals surface area contributed by atoms with Crippen molar-refractivity contribution in [2.75, 3.05) is 31.5 Å². The summed E-state index contributed by atoms with van der Waals surface area (Å²) in [6, 6.07) is 18.8. The molecule has 0 heterocycles. The predicted octanol–water partition coefficient (Wildman–Crippen LogP) is 4.61. The van der Waals surface area contributed by atoms with E-state index in [0.717, 1.165) is 0 Å². The van der Waals surface area contributed by atoms with E-state index < -0.39 is 0 Å². The van der Waals surface area contributed by atoms with E-state index in [1.54, 1.807) is 68.8 Å². The van der Waals surface area contributed by atoms with Crippen molar-refractivity contribution in [1.29, 1.82) is 0 Å². The zero-order valence-electron chi connectivity index (χ0n) is 17.6. The van der Waals surface area contributed by atoms with Gasteiger partial charge in [0.1, 0.15) is 5.75 Å². The summed E-state index contributed by atoms with van der Waals surface area (Å²) in [5, 5.41) is 5.63.